The van der Waals surface area contributed by atoms with E-state index in [1.54, 1.807) is 4.90 Å². The molecule has 1 aliphatic heterocycles. The number of hydrogen-bond donors (Lipinski definition) is 1. The van der Waals surface area contributed by atoms with Gasteiger partial charge >= 0.3 is 6.03 Å². The Morgan fingerprint density at radius 3 is 2.56 bits per heavy atom. The van der Waals surface area contributed by atoms with Crippen molar-refractivity contribution >= 4 is 17.6 Å². The molecule has 3 rings (SSSR count). The van der Waals surface area contributed by atoms with Crippen LogP contribution in [0.25, 0.3) is 0 Å². The van der Waals surface area contributed by atoms with E-state index in [1.807, 2.05) is 30.1 Å². The standard InChI is InChI=1S/C20H29N3O2/c1-14-9-10-18(11-15(14)2)23-13-16(12-19(23)24)21-20(25)22(3)17-7-5-4-6-8-17/h9-11,16-17H,4-8,12-13H2,1-3H3,(H,21,25)/t16-/m1/s1. The second kappa shape index (κ2) is 7.46. The molecule has 1 saturated heterocycles. The van der Waals surface area contributed by atoms with Crippen LogP contribution in [0.2, 0.25) is 0 Å². The largest absolute Gasteiger partial charge is 0.333 e. The van der Waals surface area contributed by atoms with E-state index in [2.05, 4.69) is 19.2 Å². The number of urea groups is 1. The third kappa shape index (κ3) is 3.97. The summed E-state index contributed by atoms with van der Waals surface area (Å²) in [5, 5.41) is 3.06. The van der Waals surface area contributed by atoms with E-state index < -0.39 is 0 Å². The van der Waals surface area contributed by atoms with Crippen LogP contribution in [0.3, 0.4) is 0 Å². The number of rotatable bonds is 3. The van der Waals surface area contributed by atoms with Crippen LogP contribution in [0.1, 0.15) is 49.7 Å². The summed E-state index contributed by atoms with van der Waals surface area (Å²) in [4.78, 5) is 28.6. The van der Waals surface area contributed by atoms with E-state index in [-0.39, 0.29) is 18.0 Å². The van der Waals surface area contributed by atoms with Crippen LogP contribution in [0.4, 0.5) is 10.5 Å². The van der Waals surface area contributed by atoms with E-state index in [4.69, 9.17) is 0 Å². The average molecular weight is 343 g/mol. The first kappa shape index (κ1) is 17.8. The molecule has 1 N–H and O–H groups in total. The van der Waals surface area contributed by atoms with Crippen molar-refractivity contribution in [2.75, 3.05) is 18.5 Å². The van der Waals surface area contributed by atoms with Gasteiger partial charge in [-0.15, -0.1) is 0 Å². The van der Waals surface area contributed by atoms with E-state index >= 15 is 0 Å². The van der Waals surface area contributed by atoms with E-state index in [0.717, 1.165) is 18.5 Å². The fraction of sp³-hybridized carbons (Fsp3) is 0.600. The molecule has 2 fully saturated rings. The minimum Gasteiger partial charge on any atom is -0.333 e. The fourth-order valence-electron chi connectivity index (χ4n) is 3.86. The van der Waals surface area contributed by atoms with Crippen molar-refractivity contribution in [1.82, 2.24) is 10.2 Å². The highest BCUT2D eigenvalue weighted by Crippen LogP contribution is 2.25. The summed E-state index contributed by atoms with van der Waals surface area (Å²) in [5.41, 5.74) is 3.31. The first-order chi connectivity index (χ1) is 12.0. The Morgan fingerprint density at radius 1 is 1.16 bits per heavy atom. The second-order valence-corrected chi connectivity index (χ2v) is 7.53. The van der Waals surface area contributed by atoms with Gasteiger partial charge in [0.25, 0.3) is 0 Å². The van der Waals surface area contributed by atoms with E-state index in [1.165, 1.54) is 30.4 Å². The van der Waals surface area contributed by atoms with Gasteiger partial charge in [0.1, 0.15) is 0 Å². The number of nitrogens with one attached hydrogen (secondary N) is 1. The second-order valence-electron chi connectivity index (χ2n) is 7.53. The summed E-state index contributed by atoms with van der Waals surface area (Å²) in [6, 6.07) is 6.24. The molecular weight excluding hydrogens is 314 g/mol. The van der Waals surface area contributed by atoms with Gasteiger partial charge in [-0.1, -0.05) is 25.3 Å². The number of nitrogens with zero attached hydrogens (tertiary/aromatic N) is 2. The Bertz CT molecular complexity index is 652. The molecule has 0 aromatic heterocycles. The Balaban J connectivity index is 1.60. The molecule has 25 heavy (non-hydrogen) atoms. The van der Waals surface area contributed by atoms with Gasteiger partial charge in [0.2, 0.25) is 5.91 Å². The lowest BCUT2D eigenvalue weighted by Gasteiger charge is -2.32. The monoisotopic (exact) mass is 343 g/mol. The van der Waals surface area contributed by atoms with Crippen LogP contribution in [-0.2, 0) is 4.79 Å². The number of aryl methyl sites for hydroxylation is 2. The average Bonchev–Trinajstić information content (AvgIpc) is 2.97. The molecule has 0 spiro atoms. The van der Waals surface area contributed by atoms with Gasteiger partial charge in [0.15, 0.2) is 0 Å². The zero-order valence-electron chi connectivity index (χ0n) is 15.5. The van der Waals surface area contributed by atoms with Crippen LogP contribution in [0, 0.1) is 13.8 Å². The Kier molecular flexibility index (Phi) is 5.30. The van der Waals surface area contributed by atoms with Crippen LogP contribution < -0.4 is 10.2 Å². The first-order valence-corrected chi connectivity index (χ1v) is 9.36. The molecule has 2 aliphatic rings. The third-order valence-corrected chi connectivity index (χ3v) is 5.70. The quantitative estimate of drug-likeness (QED) is 0.915. The minimum atomic E-state index is -0.118. The molecule has 0 bridgehead atoms. The lowest BCUT2D eigenvalue weighted by atomic mass is 9.95. The number of carbonyl (C=O) groups excluding carboxylic acids is 2. The minimum absolute atomic E-state index is 0.0494. The third-order valence-electron chi connectivity index (χ3n) is 5.70. The summed E-state index contributed by atoms with van der Waals surface area (Å²) in [6.07, 6.45) is 6.21. The molecule has 1 aromatic carbocycles. The summed E-state index contributed by atoms with van der Waals surface area (Å²) in [6.45, 7) is 4.67. The summed E-state index contributed by atoms with van der Waals surface area (Å²) >= 11 is 0. The van der Waals surface area contributed by atoms with Crippen LogP contribution in [-0.4, -0.2) is 42.5 Å². The van der Waals surface area contributed by atoms with Crippen molar-refractivity contribution in [3.05, 3.63) is 29.3 Å². The SMILES string of the molecule is Cc1ccc(N2C[C@H](NC(=O)N(C)C3CCCCC3)CC2=O)cc1C. The maximum absolute atomic E-state index is 12.5. The number of anilines is 1. The molecule has 136 valence electrons. The van der Waals surface area contributed by atoms with Crippen molar-refractivity contribution in [2.24, 2.45) is 0 Å². The summed E-state index contributed by atoms with van der Waals surface area (Å²) in [5.74, 6) is 0.0777. The lowest BCUT2D eigenvalue weighted by Crippen LogP contribution is -2.48. The molecule has 0 radical (unpaired) electrons. The predicted molar refractivity (Wildman–Crippen MR) is 99.8 cm³/mol. The van der Waals surface area contributed by atoms with Gasteiger partial charge in [0.05, 0.1) is 6.04 Å². The number of hydrogen-bond acceptors (Lipinski definition) is 2. The molecule has 1 saturated carbocycles. The lowest BCUT2D eigenvalue weighted by molar-refractivity contribution is -0.117. The number of benzene rings is 1. The van der Waals surface area contributed by atoms with E-state index in [0.29, 0.717) is 19.0 Å². The summed E-state index contributed by atoms with van der Waals surface area (Å²) in [7, 11) is 1.88. The maximum atomic E-state index is 12.5. The van der Waals surface area contributed by atoms with Crippen molar-refractivity contribution in [1.29, 1.82) is 0 Å². The molecule has 5 nitrogen and oxygen atoms in total. The highest BCUT2D eigenvalue weighted by Gasteiger charge is 2.33. The molecule has 1 heterocycles. The maximum Gasteiger partial charge on any atom is 0.317 e. The van der Waals surface area contributed by atoms with Gasteiger partial charge in [-0.3, -0.25) is 4.79 Å². The zero-order chi connectivity index (χ0) is 18.0. The van der Waals surface area contributed by atoms with Crippen molar-refractivity contribution in [3.63, 3.8) is 0 Å². The molecule has 1 aliphatic carbocycles. The normalized spacial score (nSPS) is 21.5. The van der Waals surface area contributed by atoms with Crippen molar-refractivity contribution in [2.45, 2.75) is 64.5 Å². The molecule has 1 atom stereocenters. The van der Waals surface area contributed by atoms with Gasteiger partial charge in [0, 0.05) is 31.7 Å². The van der Waals surface area contributed by atoms with Gasteiger partial charge in [-0.25, -0.2) is 4.79 Å². The van der Waals surface area contributed by atoms with Crippen LogP contribution in [0.15, 0.2) is 18.2 Å². The van der Waals surface area contributed by atoms with E-state index in [9.17, 15) is 9.59 Å². The predicted octanol–water partition coefficient (Wildman–Crippen LogP) is 3.38. The van der Waals surface area contributed by atoms with Crippen molar-refractivity contribution in [3.8, 4) is 0 Å². The molecular formula is C20H29N3O2. The Labute approximate surface area is 150 Å². The molecule has 1 aromatic rings. The zero-order valence-corrected chi connectivity index (χ0v) is 15.5. The van der Waals surface area contributed by atoms with Gasteiger partial charge in [-0.05, 0) is 49.9 Å². The Morgan fingerprint density at radius 2 is 1.88 bits per heavy atom. The number of carbonyl (C=O) groups is 2. The van der Waals surface area contributed by atoms with Crippen LogP contribution >= 0.6 is 0 Å². The summed E-state index contributed by atoms with van der Waals surface area (Å²) < 4.78 is 0. The van der Waals surface area contributed by atoms with Gasteiger partial charge < -0.3 is 15.1 Å². The number of amides is 3. The topological polar surface area (TPSA) is 52.7 Å². The fourth-order valence-corrected chi connectivity index (χ4v) is 3.86. The Hall–Kier alpha value is -2.04. The highest BCUT2D eigenvalue weighted by molar-refractivity contribution is 5.96. The molecule has 5 heteroatoms. The molecule has 3 amide bonds. The van der Waals surface area contributed by atoms with Gasteiger partial charge in [-0.2, -0.15) is 0 Å². The highest BCUT2D eigenvalue weighted by atomic mass is 16.2. The molecule has 0 unspecified atom stereocenters. The first-order valence-electron chi connectivity index (χ1n) is 9.36. The smallest absolute Gasteiger partial charge is 0.317 e. The van der Waals surface area contributed by atoms with Crippen molar-refractivity contribution < 1.29 is 9.59 Å². The van der Waals surface area contributed by atoms with Crippen LogP contribution in [0.5, 0.6) is 0 Å².